The van der Waals surface area contributed by atoms with Gasteiger partial charge in [-0.2, -0.15) is 0 Å². The summed E-state index contributed by atoms with van der Waals surface area (Å²) in [5.74, 6) is -2.08. The highest BCUT2D eigenvalue weighted by molar-refractivity contribution is 9.10. The minimum atomic E-state index is -1.11. The van der Waals surface area contributed by atoms with Crippen LogP contribution in [0.5, 0.6) is 11.5 Å². The van der Waals surface area contributed by atoms with Crippen LogP contribution < -0.4 is 4.74 Å². The number of carboxylic acid groups (broad SMARTS) is 2. The van der Waals surface area contributed by atoms with E-state index in [2.05, 4.69) is 15.9 Å². The SMILES string of the molecule is COc1cc(CN(CC(=O)O)CC(=O)O)cc(Br)c1O. The van der Waals surface area contributed by atoms with Gasteiger partial charge in [-0.1, -0.05) is 0 Å². The number of aliphatic carboxylic acids is 2. The fourth-order valence-electron chi connectivity index (χ4n) is 1.68. The molecule has 1 aromatic rings. The molecule has 0 atom stereocenters. The molecule has 0 bridgehead atoms. The average molecular weight is 348 g/mol. The first-order valence-electron chi connectivity index (χ1n) is 5.54. The van der Waals surface area contributed by atoms with Crippen molar-refractivity contribution in [3.8, 4) is 11.5 Å². The largest absolute Gasteiger partial charge is 0.503 e. The Labute approximate surface area is 123 Å². The highest BCUT2D eigenvalue weighted by Crippen LogP contribution is 2.35. The second-order valence-corrected chi connectivity index (χ2v) is 4.92. The van der Waals surface area contributed by atoms with Gasteiger partial charge in [-0.05, 0) is 33.6 Å². The van der Waals surface area contributed by atoms with E-state index in [1.807, 2.05) is 0 Å². The predicted molar refractivity (Wildman–Crippen MR) is 72.9 cm³/mol. The predicted octanol–water partition coefficient (Wildman–Crippen LogP) is 1.13. The fraction of sp³-hybridized carbons (Fsp3) is 0.333. The van der Waals surface area contributed by atoms with Crippen molar-refractivity contribution in [1.82, 2.24) is 4.90 Å². The molecule has 0 amide bonds. The first-order valence-corrected chi connectivity index (χ1v) is 6.34. The maximum absolute atomic E-state index is 10.7. The number of carboxylic acids is 2. The van der Waals surface area contributed by atoms with Gasteiger partial charge in [-0.3, -0.25) is 14.5 Å². The summed E-state index contributed by atoms with van der Waals surface area (Å²) in [4.78, 5) is 22.7. The number of hydrogen-bond donors (Lipinski definition) is 3. The zero-order valence-electron chi connectivity index (χ0n) is 10.7. The monoisotopic (exact) mass is 347 g/mol. The molecule has 8 heteroatoms. The molecular formula is C12H14BrNO6. The normalized spacial score (nSPS) is 10.6. The molecule has 0 unspecified atom stereocenters. The number of phenols is 1. The van der Waals surface area contributed by atoms with Gasteiger partial charge < -0.3 is 20.1 Å². The Kier molecular flexibility index (Phi) is 5.78. The lowest BCUT2D eigenvalue weighted by molar-refractivity contribution is -0.142. The molecular weight excluding hydrogens is 334 g/mol. The van der Waals surface area contributed by atoms with Gasteiger partial charge in [0.25, 0.3) is 0 Å². The number of rotatable bonds is 7. The lowest BCUT2D eigenvalue weighted by Gasteiger charge is -2.19. The van der Waals surface area contributed by atoms with Gasteiger partial charge in [-0.25, -0.2) is 0 Å². The van der Waals surface area contributed by atoms with Crippen LogP contribution in [-0.2, 0) is 16.1 Å². The number of nitrogens with zero attached hydrogens (tertiary/aromatic N) is 1. The summed E-state index contributed by atoms with van der Waals surface area (Å²) < 4.78 is 5.37. The van der Waals surface area contributed by atoms with Crippen LogP contribution in [0.25, 0.3) is 0 Å². The molecule has 0 aliphatic heterocycles. The standard InChI is InChI=1S/C12H14BrNO6/c1-20-9-3-7(2-8(13)12(9)19)4-14(5-10(15)16)6-11(17)18/h2-3,19H,4-6H2,1H3,(H,15,16)(H,17,18). The lowest BCUT2D eigenvalue weighted by atomic mass is 10.2. The van der Waals surface area contributed by atoms with E-state index in [1.165, 1.54) is 18.1 Å². The summed E-state index contributed by atoms with van der Waals surface area (Å²) in [6.07, 6.45) is 0. The minimum absolute atomic E-state index is 0.0701. The molecule has 0 spiro atoms. The molecule has 1 aromatic carbocycles. The molecule has 0 aliphatic carbocycles. The number of hydrogen-bond acceptors (Lipinski definition) is 5. The number of aromatic hydroxyl groups is 1. The Morgan fingerprint density at radius 1 is 1.25 bits per heavy atom. The van der Waals surface area contributed by atoms with Crippen LogP contribution in [0.3, 0.4) is 0 Å². The summed E-state index contributed by atoms with van der Waals surface area (Å²) >= 11 is 3.15. The van der Waals surface area contributed by atoms with Crippen LogP contribution in [0.15, 0.2) is 16.6 Å². The van der Waals surface area contributed by atoms with Gasteiger partial charge in [0.2, 0.25) is 0 Å². The summed E-state index contributed by atoms with van der Waals surface area (Å²) in [7, 11) is 1.39. The third-order valence-electron chi connectivity index (χ3n) is 2.43. The van der Waals surface area contributed by atoms with Crippen molar-refractivity contribution in [1.29, 1.82) is 0 Å². The van der Waals surface area contributed by atoms with Crippen LogP contribution in [0.2, 0.25) is 0 Å². The second-order valence-electron chi connectivity index (χ2n) is 4.06. The van der Waals surface area contributed by atoms with Gasteiger partial charge in [0.1, 0.15) is 0 Å². The minimum Gasteiger partial charge on any atom is -0.503 e. The van der Waals surface area contributed by atoms with Crippen LogP contribution >= 0.6 is 15.9 Å². The maximum atomic E-state index is 10.7. The Morgan fingerprint density at radius 2 is 1.80 bits per heavy atom. The van der Waals surface area contributed by atoms with Gasteiger partial charge in [-0.15, -0.1) is 0 Å². The van der Waals surface area contributed by atoms with E-state index >= 15 is 0 Å². The van der Waals surface area contributed by atoms with E-state index in [0.717, 1.165) is 0 Å². The van der Waals surface area contributed by atoms with Crippen LogP contribution in [-0.4, -0.2) is 52.4 Å². The van der Waals surface area contributed by atoms with E-state index in [-0.39, 0.29) is 18.0 Å². The molecule has 20 heavy (non-hydrogen) atoms. The molecule has 3 N–H and O–H groups in total. The zero-order chi connectivity index (χ0) is 15.3. The lowest BCUT2D eigenvalue weighted by Crippen LogP contribution is -2.33. The molecule has 0 saturated heterocycles. The molecule has 0 heterocycles. The molecule has 1 rings (SSSR count). The Balaban J connectivity index is 2.95. The molecule has 0 radical (unpaired) electrons. The number of ether oxygens (including phenoxy) is 1. The Hall–Kier alpha value is -1.80. The van der Waals surface area contributed by atoms with Gasteiger partial charge in [0.15, 0.2) is 11.5 Å². The number of halogens is 1. The highest BCUT2D eigenvalue weighted by atomic mass is 79.9. The van der Waals surface area contributed by atoms with Crippen molar-refractivity contribution < 1.29 is 29.6 Å². The number of carbonyl (C=O) groups is 2. The topological polar surface area (TPSA) is 107 Å². The quantitative estimate of drug-likeness (QED) is 0.678. The van der Waals surface area contributed by atoms with Crippen molar-refractivity contribution in [2.75, 3.05) is 20.2 Å². The third kappa shape index (κ3) is 4.71. The van der Waals surface area contributed by atoms with E-state index in [9.17, 15) is 14.7 Å². The van der Waals surface area contributed by atoms with E-state index in [4.69, 9.17) is 14.9 Å². The first kappa shape index (κ1) is 16.3. The molecule has 0 saturated carbocycles. The third-order valence-corrected chi connectivity index (χ3v) is 3.04. The van der Waals surface area contributed by atoms with Crippen molar-refractivity contribution in [2.45, 2.75) is 6.54 Å². The summed E-state index contributed by atoms with van der Waals surface area (Å²) in [5.41, 5.74) is 0.619. The summed E-state index contributed by atoms with van der Waals surface area (Å²) in [6.45, 7) is -0.686. The number of phenolic OH excluding ortho intramolecular Hbond substituents is 1. The van der Waals surface area contributed by atoms with E-state index < -0.39 is 25.0 Å². The summed E-state index contributed by atoms with van der Waals surface area (Å²) in [5, 5.41) is 27.2. The maximum Gasteiger partial charge on any atom is 0.317 e. The Bertz CT molecular complexity index is 503. The van der Waals surface area contributed by atoms with Crippen LogP contribution in [0.1, 0.15) is 5.56 Å². The van der Waals surface area contributed by atoms with E-state index in [0.29, 0.717) is 10.0 Å². The molecule has 7 nitrogen and oxygen atoms in total. The second kappa shape index (κ2) is 7.11. The van der Waals surface area contributed by atoms with Crippen LogP contribution in [0.4, 0.5) is 0 Å². The first-order chi connectivity index (χ1) is 9.33. The zero-order valence-corrected chi connectivity index (χ0v) is 12.3. The highest BCUT2D eigenvalue weighted by Gasteiger charge is 2.16. The molecule has 0 fully saturated rings. The molecule has 0 aliphatic rings. The van der Waals surface area contributed by atoms with Gasteiger partial charge in [0.05, 0.1) is 24.7 Å². The Morgan fingerprint density at radius 3 is 2.25 bits per heavy atom. The molecule has 110 valence electrons. The van der Waals surface area contributed by atoms with E-state index in [1.54, 1.807) is 6.07 Å². The van der Waals surface area contributed by atoms with Crippen molar-refractivity contribution in [3.63, 3.8) is 0 Å². The smallest absolute Gasteiger partial charge is 0.317 e. The van der Waals surface area contributed by atoms with Crippen molar-refractivity contribution in [3.05, 3.63) is 22.2 Å². The van der Waals surface area contributed by atoms with Crippen molar-refractivity contribution >= 4 is 27.9 Å². The summed E-state index contributed by atoms with van der Waals surface area (Å²) in [6, 6.07) is 3.10. The average Bonchev–Trinajstić information content (AvgIpc) is 2.31. The van der Waals surface area contributed by atoms with Crippen molar-refractivity contribution in [2.24, 2.45) is 0 Å². The van der Waals surface area contributed by atoms with Crippen LogP contribution in [0, 0.1) is 0 Å². The molecule has 0 aromatic heterocycles. The number of benzene rings is 1. The van der Waals surface area contributed by atoms with Gasteiger partial charge >= 0.3 is 11.9 Å². The number of methoxy groups -OCH3 is 1. The van der Waals surface area contributed by atoms with Gasteiger partial charge in [0, 0.05) is 6.54 Å². The fourth-order valence-corrected chi connectivity index (χ4v) is 2.17.